The van der Waals surface area contributed by atoms with Gasteiger partial charge in [0.2, 0.25) is 0 Å². The number of hydrogen-bond acceptors (Lipinski definition) is 3. The molecule has 0 aliphatic carbocycles. The summed E-state index contributed by atoms with van der Waals surface area (Å²) in [5.41, 5.74) is 3.80. The minimum Gasteiger partial charge on any atom is -0.465 e. The first-order valence-electron chi connectivity index (χ1n) is 4.96. The molecule has 2 heterocycles. The summed E-state index contributed by atoms with van der Waals surface area (Å²) in [6.07, 6.45) is -0.276. The lowest BCUT2D eigenvalue weighted by Crippen LogP contribution is -2.22. The summed E-state index contributed by atoms with van der Waals surface area (Å²) in [7, 11) is 0. The molecular formula is C11H12N2O3. The molecule has 84 valence electrons. The van der Waals surface area contributed by atoms with E-state index in [-0.39, 0.29) is 6.54 Å². The van der Waals surface area contributed by atoms with Gasteiger partial charge in [0.1, 0.15) is 5.69 Å². The molecule has 0 aromatic carbocycles. The Bertz CT molecular complexity index is 483. The Morgan fingerprint density at radius 2 is 2.00 bits per heavy atom. The van der Waals surface area contributed by atoms with Crippen LogP contribution in [0.2, 0.25) is 0 Å². The fourth-order valence-corrected chi connectivity index (χ4v) is 1.99. The molecule has 1 aromatic rings. The summed E-state index contributed by atoms with van der Waals surface area (Å²) in [6.45, 7) is 4.33. The van der Waals surface area contributed by atoms with Crippen molar-refractivity contribution < 1.29 is 14.7 Å². The van der Waals surface area contributed by atoms with E-state index in [1.54, 1.807) is 0 Å². The molecule has 0 fully saturated rings. The fraction of sp³-hybridized carbons (Fsp3) is 0.364. The summed E-state index contributed by atoms with van der Waals surface area (Å²) in [4.78, 5) is 27.2. The van der Waals surface area contributed by atoms with Crippen LogP contribution in [-0.4, -0.2) is 27.4 Å². The summed E-state index contributed by atoms with van der Waals surface area (Å²) >= 11 is 0. The molecule has 0 atom stereocenters. The highest BCUT2D eigenvalue weighted by Gasteiger charge is 2.27. The van der Waals surface area contributed by atoms with Crippen LogP contribution >= 0.6 is 0 Å². The molecule has 5 heteroatoms. The Morgan fingerprint density at radius 3 is 2.56 bits per heavy atom. The molecule has 1 amide bonds. The third-order valence-electron chi connectivity index (χ3n) is 3.04. The predicted octanol–water partition coefficient (Wildman–Crippen LogP) is 1.50. The van der Waals surface area contributed by atoms with Crippen LogP contribution in [0.3, 0.4) is 0 Å². The zero-order valence-corrected chi connectivity index (χ0v) is 9.15. The van der Waals surface area contributed by atoms with Crippen molar-refractivity contribution in [2.24, 2.45) is 0 Å². The number of aldehydes is 1. The monoisotopic (exact) mass is 220 g/mol. The molecule has 5 nitrogen and oxygen atoms in total. The molecule has 0 saturated heterocycles. The Hall–Kier alpha value is -1.91. The van der Waals surface area contributed by atoms with Gasteiger partial charge in [-0.25, -0.2) is 9.78 Å². The van der Waals surface area contributed by atoms with E-state index >= 15 is 0 Å². The van der Waals surface area contributed by atoms with Gasteiger partial charge in [-0.1, -0.05) is 0 Å². The Balaban J connectivity index is 2.55. The summed E-state index contributed by atoms with van der Waals surface area (Å²) in [5, 5.41) is 8.93. The molecule has 0 radical (unpaired) electrons. The third kappa shape index (κ3) is 1.44. The summed E-state index contributed by atoms with van der Waals surface area (Å²) in [5.74, 6) is 0. The van der Waals surface area contributed by atoms with Crippen LogP contribution in [0.5, 0.6) is 0 Å². The first-order chi connectivity index (χ1) is 7.54. The van der Waals surface area contributed by atoms with Crippen molar-refractivity contribution in [3.05, 3.63) is 28.1 Å². The van der Waals surface area contributed by atoms with Gasteiger partial charge in [-0.2, -0.15) is 0 Å². The molecule has 2 rings (SSSR count). The molecule has 1 aromatic heterocycles. The average Bonchev–Trinajstić information content (AvgIpc) is 2.68. The first kappa shape index (κ1) is 10.6. The SMILES string of the molecule is Cc1nc(C=O)c2c(c1C)CN(C(=O)O)C2. The highest BCUT2D eigenvalue weighted by atomic mass is 16.4. The van der Waals surface area contributed by atoms with Crippen LogP contribution in [0.4, 0.5) is 4.79 Å². The van der Waals surface area contributed by atoms with Gasteiger partial charge in [0.25, 0.3) is 0 Å². The highest BCUT2D eigenvalue weighted by Crippen LogP contribution is 2.28. The van der Waals surface area contributed by atoms with Crippen LogP contribution in [-0.2, 0) is 13.1 Å². The fourth-order valence-electron chi connectivity index (χ4n) is 1.99. The number of fused-ring (bicyclic) bond motifs is 1. The van der Waals surface area contributed by atoms with E-state index < -0.39 is 6.09 Å². The van der Waals surface area contributed by atoms with Crippen molar-refractivity contribution in [1.29, 1.82) is 0 Å². The number of amides is 1. The molecular weight excluding hydrogens is 208 g/mol. The first-order valence-corrected chi connectivity index (χ1v) is 4.96. The molecule has 0 spiro atoms. The minimum absolute atomic E-state index is 0.257. The van der Waals surface area contributed by atoms with Crippen LogP contribution < -0.4 is 0 Å². The van der Waals surface area contributed by atoms with Crippen molar-refractivity contribution in [3.63, 3.8) is 0 Å². The average molecular weight is 220 g/mol. The lowest BCUT2D eigenvalue weighted by Gasteiger charge is -2.09. The van der Waals surface area contributed by atoms with Gasteiger partial charge in [0.05, 0.1) is 13.1 Å². The van der Waals surface area contributed by atoms with E-state index in [2.05, 4.69) is 4.98 Å². The molecule has 0 saturated carbocycles. The van der Waals surface area contributed by atoms with Gasteiger partial charge in [0.15, 0.2) is 6.29 Å². The maximum absolute atomic E-state index is 10.9. The zero-order valence-electron chi connectivity index (χ0n) is 9.15. The molecule has 1 aliphatic heterocycles. The van der Waals surface area contributed by atoms with Crippen LogP contribution in [0.1, 0.15) is 32.9 Å². The van der Waals surface area contributed by atoms with Crippen molar-refractivity contribution >= 4 is 12.4 Å². The molecule has 1 aliphatic rings. The largest absolute Gasteiger partial charge is 0.465 e. The zero-order chi connectivity index (χ0) is 11.9. The second-order valence-corrected chi connectivity index (χ2v) is 3.92. The van der Waals surface area contributed by atoms with Crippen LogP contribution in [0.15, 0.2) is 0 Å². The maximum Gasteiger partial charge on any atom is 0.407 e. The van der Waals surface area contributed by atoms with E-state index in [1.807, 2.05) is 13.8 Å². The van der Waals surface area contributed by atoms with Crippen molar-refractivity contribution in [3.8, 4) is 0 Å². The number of carbonyl (C=O) groups excluding carboxylic acids is 1. The molecule has 1 N–H and O–H groups in total. The number of rotatable bonds is 1. The number of nitrogens with zero attached hydrogens (tertiary/aromatic N) is 2. The second kappa shape index (κ2) is 3.59. The van der Waals surface area contributed by atoms with Gasteiger partial charge < -0.3 is 5.11 Å². The van der Waals surface area contributed by atoms with E-state index in [0.717, 1.165) is 22.4 Å². The predicted molar refractivity (Wildman–Crippen MR) is 56.4 cm³/mol. The van der Waals surface area contributed by atoms with Gasteiger partial charge in [-0.3, -0.25) is 9.69 Å². The number of aryl methyl sites for hydroxylation is 1. The summed E-state index contributed by atoms with van der Waals surface area (Å²) in [6, 6.07) is 0. The topological polar surface area (TPSA) is 70.5 Å². The number of aromatic nitrogens is 1. The number of carbonyl (C=O) groups is 2. The maximum atomic E-state index is 10.9. The van der Waals surface area contributed by atoms with E-state index in [4.69, 9.17) is 5.11 Å². The van der Waals surface area contributed by atoms with Gasteiger partial charge in [-0.15, -0.1) is 0 Å². The molecule has 0 unspecified atom stereocenters. The van der Waals surface area contributed by atoms with Crippen molar-refractivity contribution in [2.75, 3.05) is 0 Å². The number of hydrogen-bond donors (Lipinski definition) is 1. The van der Waals surface area contributed by atoms with Gasteiger partial charge in [-0.05, 0) is 25.0 Å². The van der Waals surface area contributed by atoms with Crippen LogP contribution in [0.25, 0.3) is 0 Å². The molecule has 16 heavy (non-hydrogen) atoms. The minimum atomic E-state index is -0.967. The van der Waals surface area contributed by atoms with Crippen molar-refractivity contribution in [2.45, 2.75) is 26.9 Å². The van der Waals surface area contributed by atoms with E-state index in [9.17, 15) is 9.59 Å². The normalized spacial score (nSPS) is 13.8. The Kier molecular flexibility index (Phi) is 2.38. The second-order valence-electron chi connectivity index (χ2n) is 3.92. The number of carboxylic acid groups (broad SMARTS) is 1. The van der Waals surface area contributed by atoms with E-state index in [0.29, 0.717) is 18.5 Å². The van der Waals surface area contributed by atoms with Gasteiger partial charge >= 0.3 is 6.09 Å². The highest BCUT2D eigenvalue weighted by molar-refractivity contribution is 5.77. The Labute approximate surface area is 92.7 Å². The molecule has 0 bridgehead atoms. The van der Waals surface area contributed by atoms with Crippen molar-refractivity contribution in [1.82, 2.24) is 9.88 Å². The smallest absolute Gasteiger partial charge is 0.407 e. The summed E-state index contributed by atoms with van der Waals surface area (Å²) < 4.78 is 0. The lowest BCUT2D eigenvalue weighted by atomic mass is 10.0. The van der Waals surface area contributed by atoms with Gasteiger partial charge in [0, 0.05) is 11.3 Å². The Morgan fingerprint density at radius 1 is 1.38 bits per heavy atom. The number of pyridine rings is 1. The van der Waals surface area contributed by atoms with Crippen LogP contribution in [0, 0.1) is 13.8 Å². The quantitative estimate of drug-likeness (QED) is 0.728. The lowest BCUT2D eigenvalue weighted by molar-refractivity contribution is 0.111. The van der Waals surface area contributed by atoms with E-state index in [1.165, 1.54) is 4.90 Å². The standard InChI is InChI=1S/C11H12N2O3/c1-6-7(2)12-10(5-14)9-4-13(11(15)16)3-8(6)9/h5H,3-4H2,1-2H3,(H,15,16). The third-order valence-corrected chi connectivity index (χ3v) is 3.04.